The van der Waals surface area contributed by atoms with Gasteiger partial charge in [0.05, 0.1) is 24.5 Å². The molecule has 4 heteroatoms. The number of ether oxygens (including phenoxy) is 1. The number of benzene rings is 1. The minimum absolute atomic E-state index is 0.0594. The molecule has 0 saturated heterocycles. The zero-order valence-electron chi connectivity index (χ0n) is 11.8. The first-order valence-electron chi connectivity index (χ1n) is 6.76. The van der Waals surface area contributed by atoms with Crippen molar-refractivity contribution in [2.24, 2.45) is 0 Å². The van der Waals surface area contributed by atoms with E-state index in [-0.39, 0.29) is 11.9 Å². The van der Waals surface area contributed by atoms with Gasteiger partial charge in [0, 0.05) is 0 Å². The van der Waals surface area contributed by atoms with Crippen LogP contribution < -0.4 is 10.1 Å². The number of hydrogen-bond acceptors (Lipinski definition) is 3. The summed E-state index contributed by atoms with van der Waals surface area (Å²) in [6.07, 6.45) is 2.22. The highest BCUT2D eigenvalue weighted by Crippen LogP contribution is 2.22. The standard InChI is InChI=1S/C16H19FN2O/c1-3-10-20-14-7-4-12(5-8-14)16(18-2)15-9-6-13(17)11-19-15/h4-9,11,16,18H,3,10H2,1-2H3. The number of hydrogen-bond donors (Lipinski definition) is 1. The second kappa shape index (κ2) is 7.01. The van der Waals surface area contributed by atoms with Crippen LogP contribution in [0.1, 0.15) is 30.6 Å². The normalized spacial score (nSPS) is 12.2. The van der Waals surface area contributed by atoms with Gasteiger partial charge in [-0.25, -0.2) is 4.39 Å². The third-order valence-corrected chi connectivity index (χ3v) is 3.02. The summed E-state index contributed by atoms with van der Waals surface area (Å²) in [7, 11) is 1.86. The molecule has 1 aromatic heterocycles. The molecule has 2 aromatic rings. The number of rotatable bonds is 6. The van der Waals surface area contributed by atoms with Gasteiger partial charge in [-0.15, -0.1) is 0 Å². The molecule has 0 radical (unpaired) electrons. The SMILES string of the molecule is CCCOc1ccc(C(NC)c2ccc(F)cn2)cc1. The number of nitrogens with zero attached hydrogens (tertiary/aromatic N) is 1. The first-order valence-corrected chi connectivity index (χ1v) is 6.76. The summed E-state index contributed by atoms with van der Waals surface area (Å²) in [4.78, 5) is 4.13. The topological polar surface area (TPSA) is 34.1 Å². The van der Waals surface area contributed by atoms with Crippen molar-refractivity contribution in [2.75, 3.05) is 13.7 Å². The lowest BCUT2D eigenvalue weighted by Gasteiger charge is -2.16. The van der Waals surface area contributed by atoms with Crippen LogP contribution in [-0.4, -0.2) is 18.6 Å². The maximum Gasteiger partial charge on any atom is 0.141 e. The predicted molar refractivity (Wildman–Crippen MR) is 77.3 cm³/mol. The summed E-state index contributed by atoms with van der Waals surface area (Å²) in [6.45, 7) is 2.79. The molecule has 0 aliphatic carbocycles. The molecule has 3 nitrogen and oxygen atoms in total. The van der Waals surface area contributed by atoms with Crippen LogP contribution in [0.3, 0.4) is 0 Å². The molecule has 0 fully saturated rings. The van der Waals surface area contributed by atoms with Crippen molar-refractivity contribution in [3.05, 3.63) is 59.7 Å². The smallest absolute Gasteiger partial charge is 0.141 e. The Hall–Kier alpha value is -1.94. The molecule has 1 unspecified atom stereocenters. The molecule has 20 heavy (non-hydrogen) atoms. The fourth-order valence-corrected chi connectivity index (χ4v) is 2.02. The zero-order chi connectivity index (χ0) is 14.4. The van der Waals surface area contributed by atoms with Crippen LogP contribution in [0.15, 0.2) is 42.6 Å². The molecule has 1 N–H and O–H groups in total. The van der Waals surface area contributed by atoms with Gasteiger partial charge in [0.1, 0.15) is 11.6 Å². The predicted octanol–water partition coefficient (Wildman–Crippen LogP) is 3.32. The maximum atomic E-state index is 12.9. The Morgan fingerprint density at radius 3 is 2.50 bits per heavy atom. The van der Waals surface area contributed by atoms with Crippen LogP contribution in [-0.2, 0) is 0 Å². The van der Waals surface area contributed by atoms with Crippen molar-refractivity contribution in [3.8, 4) is 5.75 Å². The Morgan fingerprint density at radius 1 is 1.20 bits per heavy atom. The minimum Gasteiger partial charge on any atom is -0.494 e. The van der Waals surface area contributed by atoms with E-state index < -0.39 is 0 Å². The van der Waals surface area contributed by atoms with Gasteiger partial charge in [-0.2, -0.15) is 0 Å². The first kappa shape index (κ1) is 14.5. The number of nitrogens with one attached hydrogen (secondary N) is 1. The molecule has 1 atom stereocenters. The molecule has 0 bridgehead atoms. The van der Waals surface area contributed by atoms with Crippen LogP contribution >= 0.6 is 0 Å². The van der Waals surface area contributed by atoms with E-state index in [0.717, 1.165) is 23.4 Å². The van der Waals surface area contributed by atoms with Crippen molar-refractivity contribution in [3.63, 3.8) is 0 Å². The fraction of sp³-hybridized carbons (Fsp3) is 0.312. The average molecular weight is 274 g/mol. The molecule has 1 aromatic carbocycles. The average Bonchev–Trinajstić information content (AvgIpc) is 2.49. The van der Waals surface area contributed by atoms with Gasteiger partial charge in [-0.05, 0) is 43.3 Å². The van der Waals surface area contributed by atoms with Gasteiger partial charge in [0.25, 0.3) is 0 Å². The van der Waals surface area contributed by atoms with Crippen LogP contribution in [0, 0.1) is 5.82 Å². The van der Waals surface area contributed by atoms with Crippen LogP contribution in [0.2, 0.25) is 0 Å². The summed E-state index contributed by atoms with van der Waals surface area (Å²) in [5.74, 6) is 0.532. The van der Waals surface area contributed by atoms with Crippen LogP contribution in [0.5, 0.6) is 5.75 Å². The molecular formula is C16H19FN2O. The Bertz CT molecular complexity index is 525. The number of aromatic nitrogens is 1. The van der Waals surface area contributed by atoms with Crippen molar-refractivity contribution in [1.29, 1.82) is 0 Å². The highest BCUT2D eigenvalue weighted by atomic mass is 19.1. The second-order valence-electron chi connectivity index (χ2n) is 4.54. The molecule has 0 aliphatic heterocycles. The largest absolute Gasteiger partial charge is 0.494 e. The Labute approximate surface area is 118 Å². The Balaban J connectivity index is 2.17. The Morgan fingerprint density at radius 2 is 1.95 bits per heavy atom. The summed E-state index contributed by atoms with van der Waals surface area (Å²) in [5, 5.41) is 3.19. The minimum atomic E-state index is -0.327. The van der Waals surface area contributed by atoms with Gasteiger partial charge in [0.2, 0.25) is 0 Å². The van der Waals surface area contributed by atoms with Crippen LogP contribution in [0.25, 0.3) is 0 Å². The number of halogens is 1. The summed E-state index contributed by atoms with van der Waals surface area (Å²) >= 11 is 0. The molecule has 0 aliphatic rings. The third kappa shape index (κ3) is 3.54. The van der Waals surface area contributed by atoms with Crippen molar-refractivity contribution < 1.29 is 9.13 Å². The maximum absolute atomic E-state index is 12.9. The van der Waals surface area contributed by atoms with Crippen molar-refractivity contribution >= 4 is 0 Å². The van der Waals surface area contributed by atoms with E-state index in [1.165, 1.54) is 12.3 Å². The van der Waals surface area contributed by atoms with Crippen molar-refractivity contribution in [1.82, 2.24) is 10.3 Å². The molecular weight excluding hydrogens is 255 g/mol. The van der Waals surface area contributed by atoms with E-state index in [1.807, 2.05) is 31.3 Å². The van der Waals surface area contributed by atoms with E-state index in [1.54, 1.807) is 6.07 Å². The van der Waals surface area contributed by atoms with Gasteiger partial charge >= 0.3 is 0 Å². The molecule has 0 amide bonds. The highest BCUT2D eigenvalue weighted by molar-refractivity contribution is 5.33. The van der Waals surface area contributed by atoms with Gasteiger partial charge in [-0.3, -0.25) is 4.98 Å². The number of pyridine rings is 1. The quantitative estimate of drug-likeness (QED) is 0.877. The Kier molecular flexibility index (Phi) is 5.07. The third-order valence-electron chi connectivity index (χ3n) is 3.02. The lowest BCUT2D eigenvalue weighted by Crippen LogP contribution is -2.18. The van der Waals surface area contributed by atoms with Gasteiger partial charge < -0.3 is 10.1 Å². The van der Waals surface area contributed by atoms with E-state index in [2.05, 4.69) is 17.2 Å². The molecule has 0 spiro atoms. The van der Waals surface area contributed by atoms with Crippen LogP contribution in [0.4, 0.5) is 4.39 Å². The lowest BCUT2D eigenvalue weighted by molar-refractivity contribution is 0.317. The monoisotopic (exact) mass is 274 g/mol. The molecule has 1 heterocycles. The zero-order valence-corrected chi connectivity index (χ0v) is 11.8. The van der Waals surface area contributed by atoms with E-state index in [4.69, 9.17) is 4.74 Å². The van der Waals surface area contributed by atoms with E-state index in [9.17, 15) is 4.39 Å². The molecule has 2 rings (SSSR count). The van der Waals surface area contributed by atoms with Crippen molar-refractivity contribution in [2.45, 2.75) is 19.4 Å². The molecule has 0 saturated carbocycles. The lowest BCUT2D eigenvalue weighted by atomic mass is 10.0. The van der Waals surface area contributed by atoms with Gasteiger partial charge in [-0.1, -0.05) is 19.1 Å². The summed E-state index contributed by atoms with van der Waals surface area (Å²) in [5.41, 5.74) is 1.85. The summed E-state index contributed by atoms with van der Waals surface area (Å²) < 4.78 is 18.5. The second-order valence-corrected chi connectivity index (χ2v) is 4.54. The molecule has 106 valence electrons. The van der Waals surface area contributed by atoms with Gasteiger partial charge in [0.15, 0.2) is 0 Å². The fourth-order valence-electron chi connectivity index (χ4n) is 2.02. The van der Waals surface area contributed by atoms with E-state index in [0.29, 0.717) is 6.61 Å². The van der Waals surface area contributed by atoms with E-state index >= 15 is 0 Å². The summed E-state index contributed by atoms with van der Waals surface area (Å²) in [6, 6.07) is 10.9. The first-order chi connectivity index (χ1) is 9.74. The highest BCUT2D eigenvalue weighted by Gasteiger charge is 2.13.